The average molecular weight is 279 g/mol. The molecule has 106 valence electrons. The summed E-state index contributed by atoms with van der Waals surface area (Å²) in [5.74, 6) is 0.910. The van der Waals surface area contributed by atoms with Crippen LogP contribution in [-0.4, -0.2) is 41.1 Å². The summed E-state index contributed by atoms with van der Waals surface area (Å²) in [5.41, 5.74) is 0.356. The predicted octanol–water partition coefficient (Wildman–Crippen LogP) is 2.54. The molecule has 2 atom stereocenters. The summed E-state index contributed by atoms with van der Waals surface area (Å²) in [6, 6.07) is 0.701. The minimum atomic E-state index is 0.356. The Kier molecular flexibility index (Phi) is 3.92. The molecule has 1 aromatic heterocycles. The van der Waals surface area contributed by atoms with Crippen molar-refractivity contribution in [3.8, 4) is 0 Å². The summed E-state index contributed by atoms with van der Waals surface area (Å²) in [6.07, 6.45) is 7.10. The van der Waals surface area contributed by atoms with Gasteiger partial charge in [0.25, 0.3) is 0 Å². The number of nitrogens with one attached hydrogen (secondary N) is 1. The van der Waals surface area contributed by atoms with E-state index in [2.05, 4.69) is 34.4 Å². The van der Waals surface area contributed by atoms with Crippen LogP contribution < -0.4 is 5.32 Å². The molecule has 19 heavy (non-hydrogen) atoms. The lowest BCUT2D eigenvalue weighted by molar-refractivity contribution is 0.0739. The molecule has 1 aliphatic heterocycles. The second kappa shape index (κ2) is 5.51. The van der Waals surface area contributed by atoms with E-state index in [4.69, 9.17) is 0 Å². The summed E-state index contributed by atoms with van der Waals surface area (Å²) >= 11 is 1.79. The topological polar surface area (TPSA) is 28.2 Å². The zero-order valence-corrected chi connectivity index (χ0v) is 12.9. The Hall–Kier alpha value is -0.450. The Morgan fingerprint density at radius 3 is 3.00 bits per heavy atom. The molecular formula is C15H25N3S. The summed E-state index contributed by atoms with van der Waals surface area (Å²) in [4.78, 5) is 7.12. The third-order valence-corrected chi connectivity index (χ3v) is 5.67. The standard InChI is InChI=1S/C15H25N3S/c1-3-13-10-17-15(2,12-4-5-12)11-18(13)8-6-14-16-7-9-19-14/h7,9,12-13,17H,3-6,8,10-11H2,1-2H3. The van der Waals surface area contributed by atoms with E-state index in [1.165, 1.54) is 30.8 Å². The third-order valence-electron chi connectivity index (χ3n) is 4.84. The molecule has 1 aromatic rings. The van der Waals surface area contributed by atoms with E-state index in [0.717, 1.165) is 25.4 Å². The summed E-state index contributed by atoms with van der Waals surface area (Å²) in [5, 5.41) is 7.19. The number of piperazine rings is 1. The Morgan fingerprint density at radius 1 is 1.53 bits per heavy atom. The molecule has 4 heteroatoms. The first kappa shape index (κ1) is 13.5. The maximum Gasteiger partial charge on any atom is 0.0937 e. The minimum absolute atomic E-state index is 0.356. The van der Waals surface area contributed by atoms with Crippen LogP contribution in [0.2, 0.25) is 0 Å². The maximum atomic E-state index is 4.41. The van der Waals surface area contributed by atoms with Crippen molar-refractivity contribution in [2.24, 2.45) is 5.92 Å². The monoisotopic (exact) mass is 279 g/mol. The highest BCUT2D eigenvalue weighted by molar-refractivity contribution is 7.09. The molecule has 2 heterocycles. The first-order chi connectivity index (χ1) is 9.21. The van der Waals surface area contributed by atoms with Crippen LogP contribution in [0.4, 0.5) is 0 Å². The molecule has 0 bridgehead atoms. The van der Waals surface area contributed by atoms with Crippen LogP contribution >= 0.6 is 11.3 Å². The minimum Gasteiger partial charge on any atom is -0.308 e. The molecule has 1 aliphatic carbocycles. The fraction of sp³-hybridized carbons (Fsp3) is 0.800. The van der Waals surface area contributed by atoms with Crippen LogP contribution in [0.1, 0.15) is 38.1 Å². The van der Waals surface area contributed by atoms with Gasteiger partial charge < -0.3 is 5.32 Å². The smallest absolute Gasteiger partial charge is 0.0937 e. The molecule has 1 N–H and O–H groups in total. The Bertz CT molecular complexity index is 402. The third kappa shape index (κ3) is 3.01. The van der Waals surface area contributed by atoms with E-state index in [1.54, 1.807) is 11.3 Å². The summed E-state index contributed by atoms with van der Waals surface area (Å²) < 4.78 is 0. The van der Waals surface area contributed by atoms with Crippen molar-refractivity contribution in [1.82, 2.24) is 15.2 Å². The number of aromatic nitrogens is 1. The van der Waals surface area contributed by atoms with Gasteiger partial charge in [-0.25, -0.2) is 4.98 Å². The Balaban J connectivity index is 1.61. The van der Waals surface area contributed by atoms with Gasteiger partial charge in [0, 0.05) is 49.2 Å². The number of rotatable bonds is 5. The lowest BCUT2D eigenvalue weighted by Gasteiger charge is -2.46. The molecule has 0 aromatic carbocycles. The molecule has 2 aliphatic rings. The van der Waals surface area contributed by atoms with Crippen LogP contribution in [0.25, 0.3) is 0 Å². The zero-order valence-electron chi connectivity index (χ0n) is 12.1. The summed E-state index contributed by atoms with van der Waals surface area (Å²) in [6.45, 7) is 8.26. The maximum absolute atomic E-state index is 4.41. The highest BCUT2D eigenvalue weighted by Gasteiger charge is 2.45. The second-order valence-electron chi connectivity index (χ2n) is 6.28. The molecule has 2 fully saturated rings. The van der Waals surface area contributed by atoms with Gasteiger partial charge in [-0.2, -0.15) is 0 Å². The SMILES string of the molecule is CCC1CNC(C)(C2CC2)CN1CCc1nccs1. The van der Waals surface area contributed by atoms with Gasteiger partial charge in [0.2, 0.25) is 0 Å². The first-order valence-corrected chi connectivity index (χ1v) is 8.46. The van der Waals surface area contributed by atoms with Gasteiger partial charge in [0.15, 0.2) is 0 Å². The van der Waals surface area contributed by atoms with E-state index in [-0.39, 0.29) is 0 Å². The largest absolute Gasteiger partial charge is 0.308 e. The molecule has 1 saturated heterocycles. The van der Waals surface area contributed by atoms with Gasteiger partial charge in [0.1, 0.15) is 0 Å². The highest BCUT2D eigenvalue weighted by atomic mass is 32.1. The molecule has 3 rings (SSSR count). The fourth-order valence-electron chi connectivity index (χ4n) is 3.36. The van der Waals surface area contributed by atoms with Crippen LogP contribution in [0.5, 0.6) is 0 Å². The van der Waals surface area contributed by atoms with Crippen molar-refractivity contribution in [3.63, 3.8) is 0 Å². The van der Waals surface area contributed by atoms with E-state index < -0.39 is 0 Å². The van der Waals surface area contributed by atoms with Crippen LogP contribution in [0.15, 0.2) is 11.6 Å². The van der Waals surface area contributed by atoms with Crippen LogP contribution in [0.3, 0.4) is 0 Å². The van der Waals surface area contributed by atoms with Crippen molar-refractivity contribution in [1.29, 1.82) is 0 Å². The highest BCUT2D eigenvalue weighted by Crippen LogP contribution is 2.41. The van der Waals surface area contributed by atoms with Gasteiger partial charge in [0.05, 0.1) is 5.01 Å². The Labute approximate surface area is 120 Å². The van der Waals surface area contributed by atoms with Crippen molar-refractivity contribution in [2.75, 3.05) is 19.6 Å². The van der Waals surface area contributed by atoms with Crippen LogP contribution in [0, 0.1) is 5.92 Å². The van der Waals surface area contributed by atoms with Gasteiger partial charge >= 0.3 is 0 Å². The number of thiazole rings is 1. The Morgan fingerprint density at radius 2 is 2.37 bits per heavy atom. The van der Waals surface area contributed by atoms with Crippen molar-refractivity contribution in [3.05, 3.63) is 16.6 Å². The van der Waals surface area contributed by atoms with Gasteiger partial charge in [-0.05, 0) is 32.1 Å². The molecule has 2 unspecified atom stereocenters. The predicted molar refractivity (Wildman–Crippen MR) is 80.6 cm³/mol. The molecule has 3 nitrogen and oxygen atoms in total. The average Bonchev–Trinajstić information content (AvgIpc) is 3.15. The molecule has 0 amide bonds. The van der Waals surface area contributed by atoms with E-state index in [1.807, 2.05) is 6.20 Å². The molecule has 0 radical (unpaired) electrons. The van der Waals surface area contributed by atoms with Crippen molar-refractivity contribution < 1.29 is 0 Å². The normalized spacial score (nSPS) is 32.6. The fourth-order valence-corrected chi connectivity index (χ4v) is 3.97. The van der Waals surface area contributed by atoms with E-state index in [0.29, 0.717) is 11.6 Å². The first-order valence-electron chi connectivity index (χ1n) is 7.59. The lowest BCUT2D eigenvalue weighted by atomic mass is 9.90. The zero-order chi connectivity index (χ0) is 13.3. The molecule has 0 spiro atoms. The number of nitrogens with zero attached hydrogens (tertiary/aromatic N) is 2. The number of hydrogen-bond acceptors (Lipinski definition) is 4. The molecule has 1 saturated carbocycles. The number of hydrogen-bond donors (Lipinski definition) is 1. The van der Waals surface area contributed by atoms with E-state index >= 15 is 0 Å². The van der Waals surface area contributed by atoms with Crippen molar-refractivity contribution >= 4 is 11.3 Å². The molecular weight excluding hydrogens is 254 g/mol. The van der Waals surface area contributed by atoms with Gasteiger partial charge in [-0.1, -0.05) is 6.92 Å². The quantitative estimate of drug-likeness (QED) is 0.898. The van der Waals surface area contributed by atoms with Crippen LogP contribution in [-0.2, 0) is 6.42 Å². The van der Waals surface area contributed by atoms with Crippen molar-refractivity contribution in [2.45, 2.75) is 51.1 Å². The lowest BCUT2D eigenvalue weighted by Crippen LogP contribution is -2.64. The summed E-state index contributed by atoms with van der Waals surface area (Å²) in [7, 11) is 0. The van der Waals surface area contributed by atoms with Gasteiger partial charge in [-0.3, -0.25) is 4.90 Å². The second-order valence-corrected chi connectivity index (χ2v) is 7.26. The van der Waals surface area contributed by atoms with Gasteiger partial charge in [-0.15, -0.1) is 11.3 Å². The van der Waals surface area contributed by atoms with E-state index in [9.17, 15) is 0 Å².